The second-order valence-corrected chi connectivity index (χ2v) is 4.51. The molecule has 2 rings (SSSR count). The van der Waals surface area contributed by atoms with Crippen LogP contribution in [0.25, 0.3) is 0 Å². The fraction of sp³-hybridized carbons (Fsp3) is 0.800. The predicted octanol–water partition coefficient (Wildman–Crippen LogP) is 1.30. The van der Waals surface area contributed by atoms with Crippen LogP contribution >= 0.6 is 0 Å². The number of nitrogens with zero attached hydrogens (tertiary/aromatic N) is 3. The molecule has 1 aromatic rings. The maximum absolute atomic E-state index is 13.4. The molecule has 4 nitrogen and oxygen atoms in total. The van der Waals surface area contributed by atoms with Crippen molar-refractivity contribution in [3.63, 3.8) is 0 Å². The Morgan fingerprint density at radius 2 is 2.06 bits per heavy atom. The highest BCUT2D eigenvalue weighted by molar-refractivity contribution is 4.87. The lowest BCUT2D eigenvalue weighted by atomic mass is 9.83. The van der Waals surface area contributed by atoms with Crippen LogP contribution in [0, 0.1) is 5.92 Å². The lowest BCUT2D eigenvalue weighted by Crippen LogP contribution is -2.42. The molecule has 0 bridgehead atoms. The van der Waals surface area contributed by atoms with Crippen molar-refractivity contribution in [3.05, 3.63) is 12.7 Å². The van der Waals surface area contributed by atoms with Crippen LogP contribution in [0.15, 0.2) is 12.7 Å². The van der Waals surface area contributed by atoms with Crippen molar-refractivity contribution in [1.82, 2.24) is 20.1 Å². The van der Waals surface area contributed by atoms with Crippen LogP contribution in [0.3, 0.4) is 0 Å². The molecule has 0 radical (unpaired) electrons. The summed E-state index contributed by atoms with van der Waals surface area (Å²) in [6, 6.07) is -0.0924. The summed E-state index contributed by atoms with van der Waals surface area (Å²) in [5.74, 6) is -2.57. The summed E-state index contributed by atoms with van der Waals surface area (Å²) in [6.45, 7) is 0.570. The molecule has 0 aliphatic heterocycles. The molecule has 1 heterocycles. The average molecular weight is 230 g/mol. The lowest BCUT2D eigenvalue weighted by molar-refractivity contribution is -0.0648. The van der Waals surface area contributed by atoms with Gasteiger partial charge in [0.15, 0.2) is 0 Å². The zero-order valence-electron chi connectivity index (χ0n) is 9.24. The number of nitrogens with one attached hydrogen (secondary N) is 1. The Morgan fingerprint density at radius 3 is 2.69 bits per heavy atom. The van der Waals surface area contributed by atoms with Gasteiger partial charge in [0.05, 0.1) is 0 Å². The molecule has 1 N–H and O–H groups in total. The van der Waals surface area contributed by atoms with E-state index in [0.717, 1.165) is 6.42 Å². The first-order valence-corrected chi connectivity index (χ1v) is 5.46. The van der Waals surface area contributed by atoms with Crippen LogP contribution in [0.4, 0.5) is 8.78 Å². The summed E-state index contributed by atoms with van der Waals surface area (Å²) >= 11 is 0. The second-order valence-electron chi connectivity index (χ2n) is 4.51. The topological polar surface area (TPSA) is 42.7 Å². The highest BCUT2D eigenvalue weighted by Crippen LogP contribution is 2.37. The fourth-order valence-corrected chi connectivity index (χ4v) is 2.41. The van der Waals surface area contributed by atoms with E-state index in [1.165, 1.54) is 0 Å². The molecule has 1 fully saturated rings. The fourth-order valence-electron chi connectivity index (χ4n) is 2.41. The first-order chi connectivity index (χ1) is 7.59. The van der Waals surface area contributed by atoms with E-state index in [2.05, 4.69) is 15.5 Å². The van der Waals surface area contributed by atoms with Gasteiger partial charge in [0, 0.05) is 25.4 Å². The molecule has 90 valence electrons. The van der Waals surface area contributed by atoms with Crippen molar-refractivity contribution in [2.24, 2.45) is 5.92 Å². The predicted molar refractivity (Wildman–Crippen MR) is 55.2 cm³/mol. The third-order valence-electron chi connectivity index (χ3n) is 3.09. The molecule has 2 atom stereocenters. The summed E-state index contributed by atoms with van der Waals surface area (Å²) in [5, 5.41) is 10.3. The first-order valence-electron chi connectivity index (χ1n) is 5.46. The normalized spacial score (nSPS) is 29.2. The van der Waals surface area contributed by atoms with Crippen molar-refractivity contribution in [2.75, 3.05) is 7.05 Å². The van der Waals surface area contributed by atoms with E-state index < -0.39 is 5.92 Å². The minimum Gasteiger partial charge on any atom is -0.320 e. The van der Waals surface area contributed by atoms with E-state index in [1.54, 1.807) is 24.3 Å². The summed E-state index contributed by atoms with van der Waals surface area (Å²) in [6.07, 6.45) is 3.83. The molecule has 16 heavy (non-hydrogen) atoms. The summed E-state index contributed by atoms with van der Waals surface area (Å²) in [7, 11) is 1.74. The number of aromatic nitrogens is 3. The third-order valence-corrected chi connectivity index (χ3v) is 3.09. The van der Waals surface area contributed by atoms with Gasteiger partial charge in [-0.2, -0.15) is 0 Å². The van der Waals surface area contributed by atoms with E-state index in [9.17, 15) is 8.78 Å². The van der Waals surface area contributed by atoms with Gasteiger partial charge in [-0.3, -0.25) is 0 Å². The van der Waals surface area contributed by atoms with Gasteiger partial charge in [-0.05, 0) is 19.4 Å². The van der Waals surface area contributed by atoms with Gasteiger partial charge in [-0.25, -0.2) is 8.78 Å². The van der Waals surface area contributed by atoms with Gasteiger partial charge >= 0.3 is 0 Å². The van der Waals surface area contributed by atoms with Gasteiger partial charge in [-0.1, -0.05) is 0 Å². The van der Waals surface area contributed by atoms with Crippen LogP contribution in [0.2, 0.25) is 0 Å². The number of alkyl halides is 2. The van der Waals surface area contributed by atoms with Gasteiger partial charge in [0.2, 0.25) is 5.92 Å². The Balaban J connectivity index is 1.99. The molecule has 1 saturated carbocycles. The molecule has 6 heteroatoms. The molecule has 1 aliphatic carbocycles. The lowest BCUT2D eigenvalue weighted by Gasteiger charge is -2.34. The first kappa shape index (κ1) is 11.4. The van der Waals surface area contributed by atoms with Crippen molar-refractivity contribution in [2.45, 2.75) is 37.8 Å². The number of hydrogen-bond donors (Lipinski definition) is 1. The Morgan fingerprint density at radius 1 is 1.38 bits per heavy atom. The quantitative estimate of drug-likeness (QED) is 0.851. The van der Waals surface area contributed by atoms with E-state index in [-0.39, 0.29) is 24.8 Å². The standard InChI is InChI=1S/C10H16F2N4/c1-13-9-2-8(3-10(11,12)4-9)5-16-6-14-15-7-16/h6-9,13H,2-5H2,1H3/t8-,9+/m0/s1. The van der Waals surface area contributed by atoms with Crippen LogP contribution in [0.1, 0.15) is 19.3 Å². The van der Waals surface area contributed by atoms with Crippen LogP contribution in [-0.4, -0.2) is 33.8 Å². The van der Waals surface area contributed by atoms with Crippen molar-refractivity contribution in [1.29, 1.82) is 0 Å². The minimum absolute atomic E-state index is 0.0165. The molecule has 0 saturated heterocycles. The van der Waals surface area contributed by atoms with Gasteiger partial charge in [-0.15, -0.1) is 10.2 Å². The van der Waals surface area contributed by atoms with Gasteiger partial charge < -0.3 is 9.88 Å². The van der Waals surface area contributed by atoms with E-state index in [0.29, 0.717) is 6.54 Å². The third kappa shape index (κ3) is 2.75. The maximum atomic E-state index is 13.4. The SMILES string of the molecule is CN[C@@H]1C[C@H](Cn2cnnc2)CC(F)(F)C1. The van der Waals surface area contributed by atoms with Gasteiger partial charge in [0.25, 0.3) is 0 Å². The summed E-state index contributed by atoms with van der Waals surface area (Å²) < 4.78 is 28.6. The zero-order valence-corrected chi connectivity index (χ0v) is 9.24. The highest BCUT2D eigenvalue weighted by Gasteiger charge is 2.40. The molecule has 0 amide bonds. The summed E-state index contributed by atoms with van der Waals surface area (Å²) in [5.41, 5.74) is 0. The maximum Gasteiger partial charge on any atom is 0.250 e. The van der Waals surface area contributed by atoms with E-state index in [1.807, 2.05) is 0 Å². The van der Waals surface area contributed by atoms with Crippen LogP contribution in [-0.2, 0) is 6.54 Å². The number of halogens is 2. The minimum atomic E-state index is -2.55. The van der Waals surface area contributed by atoms with Crippen LogP contribution < -0.4 is 5.32 Å². The number of hydrogen-bond acceptors (Lipinski definition) is 3. The average Bonchev–Trinajstić information content (AvgIpc) is 2.67. The molecule has 1 aliphatic rings. The van der Waals surface area contributed by atoms with Crippen molar-refractivity contribution < 1.29 is 8.78 Å². The smallest absolute Gasteiger partial charge is 0.250 e. The monoisotopic (exact) mass is 230 g/mol. The van der Waals surface area contributed by atoms with E-state index in [4.69, 9.17) is 0 Å². The summed E-state index contributed by atoms with van der Waals surface area (Å²) in [4.78, 5) is 0. The van der Waals surface area contributed by atoms with Crippen molar-refractivity contribution in [3.8, 4) is 0 Å². The Labute approximate surface area is 93.1 Å². The molecular weight excluding hydrogens is 214 g/mol. The molecule has 0 aromatic carbocycles. The van der Waals surface area contributed by atoms with E-state index >= 15 is 0 Å². The van der Waals surface area contributed by atoms with Gasteiger partial charge in [0.1, 0.15) is 12.7 Å². The Hall–Kier alpha value is -1.04. The zero-order chi connectivity index (χ0) is 11.6. The highest BCUT2D eigenvalue weighted by atomic mass is 19.3. The van der Waals surface area contributed by atoms with Crippen LogP contribution in [0.5, 0.6) is 0 Å². The Bertz CT molecular complexity index is 326. The van der Waals surface area contributed by atoms with Crippen molar-refractivity contribution >= 4 is 0 Å². The molecule has 0 unspecified atom stereocenters. The molecule has 0 spiro atoms. The molecular formula is C10H16F2N4. The molecule has 1 aromatic heterocycles. The second kappa shape index (κ2) is 4.45. The number of rotatable bonds is 3. The largest absolute Gasteiger partial charge is 0.320 e. The Kier molecular flexibility index (Phi) is 3.18.